The van der Waals surface area contributed by atoms with Gasteiger partial charge in [-0.1, -0.05) is 6.42 Å². The number of nitriles is 1. The molecule has 0 spiro atoms. The first kappa shape index (κ1) is 17.6. The van der Waals surface area contributed by atoms with Crippen molar-refractivity contribution >= 4 is 17.7 Å². The summed E-state index contributed by atoms with van der Waals surface area (Å²) in [6, 6.07) is 7.58. The van der Waals surface area contributed by atoms with E-state index >= 15 is 0 Å². The molecule has 1 saturated heterocycles. The van der Waals surface area contributed by atoms with Gasteiger partial charge >= 0.3 is 0 Å². The van der Waals surface area contributed by atoms with Gasteiger partial charge in [0.15, 0.2) is 0 Å². The number of nitro groups is 1. The predicted octanol–water partition coefficient (Wildman–Crippen LogP) is 2.10. The zero-order chi connectivity index (χ0) is 17.4. The highest BCUT2D eigenvalue weighted by molar-refractivity contribution is 6.01. The topological polar surface area (TPSA) is 99.3 Å². The van der Waals surface area contributed by atoms with Gasteiger partial charge in [-0.25, -0.2) is 0 Å². The second kappa shape index (κ2) is 8.79. The summed E-state index contributed by atoms with van der Waals surface area (Å²) in [6.07, 6.45) is 5.08. The molecule has 2 rings (SSSR count). The number of nitrogens with zero attached hydrogens (tertiary/aromatic N) is 3. The van der Waals surface area contributed by atoms with Crippen LogP contribution in [0.5, 0.6) is 0 Å². The van der Waals surface area contributed by atoms with Crippen molar-refractivity contribution in [2.45, 2.75) is 19.3 Å². The normalized spacial score (nSPS) is 15.5. The Hall–Kier alpha value is -2.72. The number of nitro benzene ring substituents is 1. The number of rotatable bonds is 6. The smallest absolute Gasteiger partial charge is 0.269 e. The van der Waals surface area contributed by atoms with Gasteiger partial charge in [0, 0.05) is 25.2 Å². The van der Waals surface area contributed by atoms with E-state index in [2.05, 4.69) is 10.2 Å². The lowest BCUT2D eigenvalue weighted by atomic mass is 10.1. The molecule has 0 atom stereocenters. The lowest BCUT2D eigenvalue weighted by molar-refractivity contribution is -0.384. The Balaban J connectivity index is 1.90. The number of non-ortho nitro benzene ring substituents is 1. The lowest BCUT2D eigenvalue weighted by Crippen LogP contribution is -2.37. The van der Waals surface area contributed by atoms with Crippen LogP contribution < -0.4 is 5.32 Å². The average molecular weight is 328 g/mol. The van der Waals surface area contributed by atoms with E-state index in [0.717, 1.165) is 19.6 Å². The molecule has 126 valence electrons. The van der Waals surface area contributed by atoms with Crippen molar-refractivity contribution in [1.82, 2.24) is 10.2 Å². The molecule has 0 aromatic heterocycles. The SMILES string of the molecule is N#C/C(=C\c1ccc([N+](=O)[O-])cc1)C(=O)NCCN1CCCCC1. The summed E-state index contributed by atoms with van der Waals surface area (Å²) in [6.45, 7) is 3.39. The maximum atomic E-state index is 12.1. The fraction of sp³-hybridized carbons (Fsp3) is 0.412. The number of hydrogen-bond acceptors (Lipinski definition) is 5. The van der Waals surface area contributed by atoms with Crippen molar-refractivity contribution in [2.75, 3.05) is 26.2 Å². The largest absolute Gasteiger partial charge is 0.350 e. The van der Waals surface area contributed by atoms with E-state index in [4.69, 9.17) is 5.26 Å². The van der Waals surface area contributed by atoms with Crippen LogP contribution in [0.2, 0.25) is 0 Å². The summed E-state index contributed by atoms with van der Waals surface area (Å²) in [5, 5.41) is 22.5. The van der Waals surface area contributed by atoms with Crippen LogP contribution in [0.15, 0.2) is 29.8 Å². The first-order chi connectivity index (χ1) is 11.6. The molecule has 1 amide bonds. The molecule has 0 unspecified atom stereocenters. The molecule has 1 N–H and O–H groups in total. The number of carbonyl (C=O) groups is 1. The molecule has 0 radical (unpaired) electrons. The number of benzene rings is 1. The van der Waals surface area contributed by atoms with Crippen LogP contribution in [0.1, 0.15) is 24.8 Å². The fourth-order valence-electron chi connectivity index (χ4n) is 2.61. The van der Waals surface area contributed by atoms with Crippen LogP contribution in [0.25, 0.3) is 6.08 Å². The Kier molecular flexibility index (Phi) is 6.46. The highest BCUT2D eigenvalue weighted by Gasteiger charge is 2.12. The van der Waals surface area contributed by atoms with Gasteiger partial charge in [-0.05, 0) is 49.7 Å². The van der Waals surface area contributed by atoms with Crippen molar-refractivity contribution in [3.63, 3.8) is 0 Å². The van der Waals surface area contributed by atoms with Crippen molar-refractivity contribution < 1.29 is 9.72 Å². The minimum Gasteiger partial charge on any atom is -0.350 e. The predicted molar refractivity (Wildman–Crippen MR) is 90.0 cm³/mol. The number of amides is 1. The van der Waals surface area contributed by atoms with E-state index in [0.29, 0.717) is 12.1 Å². The highest BCUT2D eigenvalue weighted by Crippen LogP contribution is 2.14. The molecular formula is C17H20N4O3. The van der Waals surface area contributed by atoms with Gasteiger partial charge in [-0.3, -0.25) is 14.9 Å². The first-order valence-corrected chi connectivity index (χ1v) is 7.97. The third-order valence-electron chi connectivity index (χ3n) is 3.94. The highest BCUT2D eigenvalue weighted by atomic mass is 16.6. The Labute approximate surface area is 140 Å². The Morgan fingerprint density at radius 3 is 2.54 bits per heavy atom. The summed E-state index contributed by atoms with van der Waals surface area (Å²) in [5.74, 6) is -0.423. The van der Waals surface area contributed by atoms with Gasteiger partial charge < -0.3 is 10.2 Å². The Morgan fingerprint density at radius 2 is 1.96 bits per heavy atom. The molecule has 1 heterocycles. The summed E-state index contributed by atoms with van der Waals surface area (Å²) in [7, 11) is 0. The minimum atomic E-state index is -0.494. The Bertz CT molecular complexity index is 655. The zero-order valence-corrected chi connectivity index (χ0v) is 13.4. The average Bonchev–Trinajstić information content (AvgIpc) is 2.60. The molecule has 0 saturated carbocycles. The minimum absolute atomic E-state index is 0.0116. The lowest BCUT2D eigenvalue weighted by Gasteiger charge is -2.26. The van der Waals surface area contributed by atoms with E-state index < -0.39 is 10.8 Å². The molecule has 0 bridgehead atoms. The van der Waals surface area contributed by atoms with Gasteiger partial charge in [0.2, 0.25) is 0 Å². The molecule has 7 heteroatoms. The quantitative estimate of drug-likeness (QED) is 0.373. The number of piperidine rings is 1. The molecule has 24 heavy (non-hydrogen) atoms. The van der Waals surface area contributed by atoms with Gasteiger partial charge in [0.05, 0.1) is 4.92 Å². The summed E-state index contributed by atoms with van der Waals surface area (Å²) < 4.78 is 0. The van der Waals surface area contributed by atoms with Gasteiger partial charge in [0.25, 0.3) is 11.6 Å². The first-order valence-electron chi connectivity index (χ1n) is 7.97. The molecule has 1 fully saturated rings. The second-order valence-electron chi connectivity index (χ2n) is 5.68. The van der Waals surface area contributed by atoms with Crippen LogP contribution in [-0.4, -0.2) is 41.9 Å². The zero-order valence-electron chi connectivity index (χ0n) is 13.4. The maximum Gasteiger partial charge on any atom is 0.269 e. The third-order valence-corrected chi connectivity index (χ3v) is 3.94. The monoisotopic (exact) mass is 328 g/mol. The number of hydrogen-bond donors (Lipinski definition) is 1. The maximum absolute atomic E-state index is 12.1. The molecular weight excluding hydrogens is 308 g/mol. The molecule has 1 aliphatic heterocycles. The van der Waals surface area contributed by atoms with Crippen LogP contribution in [0.4, 0.5) is 5.69 Å². The summed E-state index contributed by atoms with van der Waals surface area (Å²) in [5.41, 5.74) is 0.530. The van der Waals surface area contributed by atoms with Gasteiger partial charge in [0.1, 0.15) is 11.6 Å². The van der Waals surface area contributed by atoms with Crippen molar-refractivity contribution in [3.8, 4) is 6.07 Å². The van der Waals surface area contributed by atoms with E-state index in [1.54, 1.807) is 0 Å². The molecule has 1 aromatic carbocycles. The number of likely N-dealkylation sites (tertiary alicyclic amines) is 1. The standard InChI is InChI=1S/C17H20N4O3/c18-13-15(12-14-4-6-16(7-5-14)21(23)24)17(22)19-8-11-20-9-2-1-3-10-20/h4-7,12H,1-3,8-11H2,(H,19,22)/b15-12+. The van der Waals surface area contributed by atoms with E-state index in [1.165, 1.54) is 49.6 Å². The third kappa shape index (κ3) is 5.18. The van der Waals surface area contributed by atoms with Gasteiger partial charge in [-0.2, -0.15) is 5.26 Å². The van der Waals surface area contributed by atoms with Crippen LogP contribution in [0.3, 0.4) is 0 Å². The molecule has 0 aliphatic carbocycles. The van der Waals surface area contributed by atoms with E-state index in [-0.39, 0.29) is 11.3 Å². The van der Waals surface area contributed by atoms with E-state index in [9.17, 15) is 14.9 Å². The molecule has 1 aromatic rings. The summed E-state index contributed by atoms with van der Waals surface area (Å²) >= 11 is 0. The van der Waals surface area contributed by atoms with Crippen LogP contribution in [0, 0.1) is 21.4 Å². The van der Waals surface area contributed by atoms with E-state index in [1.807, 2.05) is 6.07 Å². The molecule has 7 nitrogen and oxygen atoms in total. The summed E-state index contributed by atoms with van der Waals surface area (Å²) in [4.78, 5) is 24.5. The number of carbonyl (C=O) groups excluding carboxylic acids is 1. The number of nitrogens with one attached hydrogen (secondary N) is 1. The van der Waals surface area contributed by atoms with Crippen molar-refractivity contribution in [2.24, 2.45) is 0 Å². The van der Waals surface area contributed by atoms with Crippen LogP contribution >= 0.6 is 0 Å². The van der Waals surface area contributed by atoms with Crippen LogP contribution in [-0.2, 0) is 4.79 Å². The van der Waals surface area contributed by atoms with Gasteiger partial charge in [-0.15, -0.1) is 0 Å². The second-order valence-corrected chi connectivity index (χ2v) is 5.68. The Morgan fingerprint density at radius 1 is 1.29 bits per heavy atom. The van der Waals surface area contributed by atoms with Crippen molar-refractivity contribution in [3.05, 3.63) is 45.5 Å². The molecule has 1 aliphatic rings. The van der Waals surface area contributed by atoms with Crippen molar-refractivity contribution in [1.29, 1.82) is 5.26 Å². The fourth-order valence-corrected chi connectivity index (χ4v) is 2.61.